The molecule has 0 atom stereocenters. The topological polar surface area (TPSA) is 0 Å². The first-order valence-electron chi connectivity index (χ1n) is 8.98. The van der Waals surface area contributed by atoms with Crippen LogP contribution in [0.1, 0.15) is 24.0 Å². The molecular formula is C22H34N2+2. The molecule has 2 rings (SSSR count). The Morgan fingerprint density at radius 1 is 0.500 bits per heavy atom. The smallest absolute Gasteiger partial charge is 0.132 e. The van der Waals surface area contributed by atoms with Crippen LogP contribution in [0.4, 0.5) is 11.4 Å². The minimum absolute atomic E-state index is 0.879. The summed E-state index contributed by atoms with van der Waals surface area (Å²) in [7, 11) is 13.2. The first kappa shape index (κ1) is 18.7. The van der Waals surface area contributed by atoms with Crippen LogP contribution in [0.5, 0.6) is 0 Å². The van der Waals surface area contributed by atoms with Crippen molar-refractivity contribution in [1.29, 1.82) is 0 Å². The van der Waals surface area contributed by atoms with Crippen LogP contribution in [-0.4, -0.2) is 42.3 Å². The van der Waals surface area contributed by atoms with Gasteiger partial charge in [0.05, 0.1) is 42.3 Å². The van der Waals surface area contributed by atoms with E-state index in [2.05, 4.69) is 90.8 Å². The number of rotatable bonds is 7. The second-order valence-corrected chi connectivity index (χ2v) is 8.56. The Bertz CT molecular complexity index is 566. The van der Waals surface area contributed by atoms with Gasteiger partial charge in [-0.15, -0.1) is 0 Å². The van der Waals surface area contributed by atoms with Gasteiger partial charge in [0.25, 0.3) is 0 Å². The summed E-state index contributed by atoms with van der Waals surface area (Å²) in [5.41, 5.74) is 5.62. The molecule has 0 heterocycles. The van der Waals surface area contributed by atoms with Crippen molar-refractivity contribution in [3.05, 3.63) is 59.7 Å². The molecule has 0 unspecified atom stereocenters. The second kappa shape index (κ2) is 7.50. The first-order valence-corrected chi connectivity index (χ1v) is 8.98. The molecule has 0 amide bonds. The minimum Gasteiger partial charge on any atom is -0.298 e. The van der Waals surface area contributed by atoms with E-state index >= 15 is 0 Å². The molecule has 2 heteroatoms. The Labute approximate surface area is 148 Å². The van der Waals surface area contributed by atoms with Crippen LogP contribution in [0, 0.1) is 0 Å². The van der Waals surface area contributed by atoms with Crippen LogP contribution in [0.3, 0.4) is 0 Å². The van der Waals surface area contributed by atoms with Crippen molar-refractivity contribution < 1.29 is 0 Å². The van der Waals surface area contributed by atoms with E-state index in [-0.39, 0.29) is 0 Å². The predicted octanol–water partition coefficient (Wildman–Crippen LogP) is 4.65. The van der Waals surface area contributed by atoms with Crippen LogP contribution < -0.4 is 8.97 Å². The number of benzene rings is 2. The molecule has 2 aromatic carbocycles. The molecule has 0 radical (unpaired) electrons. The summed E-state index contributed by atoms with van der Waals surface area (Å²) >= 11 is 0. The lowest BCUT2D eigenvalue weighted by molar-refractivity contribution is 0.486. The number of unbranched alkanes of at least 4 members (excludes halogenated alkanes) is 1. The quantitative estimate of drug-likeness (QED) is 0.513. The first-order chi connectivity index (χ1) is 11.2. The Kier molecular flexibility index (Phi) is 5.84. The fourth-order valence-electron chi connectivity index (χ4n) is 2.88. The van der Waals surface area contributed by atoms with Gasteiger partial charge < -0.3 is 0 Å². The van der Waals surface area contributed by atoms with Crippen LogP contribution in [-0.2, 0) is 12.8 Å². The van der Waals surface area contributed by atoms with Crippen molar-refractivity contribution in [2.45, 2.75) is 25.7 Å². The molecule has 0 saturated heterocycles. The van der Waals surface area contributed by atoms with Crippen LogP contribution in [0.15, 0.2) is 48.5 Å². The van der Waals surface area contributed by atoms with Crippen molar-refractivity contribution >= 4 is 11.4 Å². The lowest BCUT2D eigenvalue weighted by Gasteiger charge is -2.23. The highest BCUT2D eigenvalue weighted by atomic mass is 15.3. The lowest BCUT2D eigenvalue weighted by atomic mass is 10.0. The molecule has 0 fully saturated rings. The van der Waals surface area contributed by atoms with E-state index < -0.39 is 0 Å². The third kappa shape index (κ3) is 5.47. The summed E-state index contributed by atoms with van der Waals surface area (Å²) < 4.78 is 1.76. The normalized spacial score (nSPS) is 12.4. The minimum atomic E-state index is 0.879. The Morgan fingerprint density at radius 3 is 1.04 bits per heavy atom. The van der Waals surface area contributed by atoms with Crippen molar-refractivity contribution in [2.75, 3.05) is 42.3 Å². The van der Waals surface area contributed by atoms with E-state index in [0.29, 0.717) is 0 Å². The number of hydrogen-bond acceptors (Lipinski definition) is 0. The van der Waals surface area contributed by atoms with Crippen LogP contribution in [0.25, 0.3) is 0 Å². The average Bonchev–Trinajstić information content (AvgIpc) is 2.51. The largest absolute Gasteiger partial charge is 0.298 e. The zero-order valence-electron chi connectivity index (χ0n) is 16.3. The zero-order chi connectivity index (χ0) is 17.8. The molecule has 0 aliphatic rings. The predicted molar refractivity (Wildman–Crippen MR) is 109 cm³/mol. The monoisotopic (exact) mass is 326 g/mol. The van der Waals surface area contributed by atoms with Gasteiger partial charge in [-0.25, -0.2) is 0 Å². The molecular weight excluding hydrogens is 292 g/mol. The fraction of sp³-hybridized carbons (Fsp3) is 0.455. The van der Waals surface area contributed by atoms with E-state index in [4.69, 9.17) is 0 Å². The average molecular weight is 327 g/mol. The van der Waals surface area contributed by atoms with Gasteiger partial charge in [0.1, 0.15) is 11.4 Å². The van der Waals surface area contributed by atoms with E-state index in [1.54, 1.807) is 0 Å². The maximum atomic E-state index is 2.29. The molecule has 0 N–H and O–H groups in total. The van der Waals surface area contributed by atoms with Gasteiger partial charge in [0.2, 0.25) is 0 Å². The fourth-order valence-corrected chi connectivity index (χ4v) is 2.88. The summed E-state index contributed by atoms with van der Waals surface area (Å²) in [4.78, 5) is 0. The van der Waals surface area contributed by atoms with E-state index in [1.165, 1.54) is 48.2 Å². The van der Waals surface area contributed by atoms with Gasteiger partial charge in [-0.05, 0) is 61.1 Å². The lowest BCUT2D eigenvalue weighted by Crippen LogP contribution is -2.34. The van der Waals surface area contributed by atoms with Gasteiger partial charge in [-0.1, -0.05) is 24.3 Å². The molecule has 0 spiro atoms. The molecule has 130 valence electrons. The maximum absolute atomic E-state index is 2.29. The highest BCUT2D eigenvalue weighted by Gasteiger charge is 2.12. The number of aryl methyl sites for hydroxylation is 2. The maximum Gasteiger partial charge on any atom is 0.132 e. The Hall–Kier alpha value is -1.64. The third-order valence-corrected chi connectivity index (χ3v) is 4.60. The Morgan fingerprint density at radius 2 is 0.792 bits per heavy atom. The van der Waals surface area contributed by atoms with Crippen molar-refractivity contribution in [2.24, 2.45) is 0 Å². The van der Waals surface area contributed by atoms with Gasteiger partial charge >= 0.3 is 0 Å². The zero-order valence-corrected chi connectivity index (χ0v) is 16.3. The van der Waals surface area contributed by atoms with Gasteiger partial charge in [0, 0.05) is 0 Å². The van der Waals surface area contributed by atoms with Crippen molar-refractivity contribution in [3.8, 4) is 0 Å². The summed E-state index contributed by atoms with van der Waals surface area (Å²) in [6.07, 6.45) is 4.85. The van der Waals surface area contributed by atoms with E-state index in [1.807, 2.05) is 0 Å². The number of hydrogen-bond donors (Lipinski definition) is 0. The molecule has 2 nitrogen and oxygen atoms in total. The van der Waals surface area contributed by atoms with Crippen molar-refractivity contribution in [3.63, 3.8) is 0 Å². The van der Waals surface area contributed by atoms with E-state index in [0.717, 1.165) is 8.97 Å². The molecule has 0 saturated carbocycles. The number of quaternary nitrogens is 2. The van der Waals surface area contributed by atoms with Crippen LogP contribution >= 0.6 is 0 Å². The van der Waals surface area contributed by atoms with Gasteiger partial charge in [-0.3, -0.25) is 8.97 Å². The molecule has 24 heavy (non-hydrogen) atoms. The highest BCUT2D eigenvalue weighted by molar-refractivity contribution is 5.43. The van der Waals surface area contributed by atoms with Crippen molar-refractivity contribution in [1.82, 2.24) is 8.97 Å². The Balaban J connectivity index is 1.79. The SMILES string of the molecule is C[N+](C)(C)c1ccc(CCCCc2ccc([N+](C)(C)C)cc2)cc1. The molecule has 0 aliphatic carbocycles. The summed E-state index contributed by atoms with van der Waals surface area (Å²) in [6.45, 7) is 0. The van der Waals surface area contributed by atoms with Gasteiger partial charge in [0.15, 0.2) is 0 Å². The molecule has 2 aromatic rings. The third-order valence-electron chi connectivity index (χ3n) is 4.60. The van der Waals surface area contributed by atoms with Gasteiger partial charge in [-0.2, -0.15) is 0 Å². The van der Waals surface area contributed by atoms with Crippen LogP contribution in [0.2, 0.25) is 0 Å². The molecule has 0 bridgehead atoms. The summed E-state index contributed by atoms with van der Waals surface area (Å²) in [5.74, 6) is 0. The summed E-state index contributed by atoms with van der Waals surface area (Å²) in [6, 6.07) is 18.2. The van der Waals surface area contributed by atoms with E-state index in [9.17, 15) is 0 Å². The second-order valence-electron chi connectivity index (χ2n) is 8.56. The molecule has 0 aromatic heterocycles. The standard InChI is InChI=1S/C22H34N2/c1-23(2,3)21-15-11-19(12-16-21)9-7-8-10-20-13-17-22(18-14-20)24(4,5)6/h11-18H,7-10H2,1-6H3/q+2. The highest BCUT2D eigenvalue weighted by Crippen LogP contribution is 2.20. The number of nitrogens with zero attached hydrogens (tertiary/aromatic N) is 2. The summed E-state index contributed by atoms with van der Waals surface area (Å²) in [5, 5.41) is 0. The molecule has 0 aliphatic heterocycles.